The van der Waals surface area contributed by atoms with E-state index in [-0.39, 0.29) is 5.78 Å². The molecule has 1 aromatic carbocycles. The zero-order valence-electron chi connectivity index (χ0n) is 10.4. The van der Waals surface area contributed by atoms with E-state index in [0.717, 1.165) is 30.3 Å². The summed E-state index contributed by atoms with van der Waals surface area (Å²) in [7, 11) is 0. The zero-order chi connectivity index (χ0) is 13.0. The fourth-order valence-corrected chi connectivity index (χ4v) is 2.42. The van der Waals surface area contributed by atoms with Gasteiger partial charge in [-0.2, -0.15) is 0 Å². The first-order valence-corrected chi connectivity index (χ1v) is 7.01. The number of carbonyl (C=O) groups is 1. The summed E-state index contributed by atoms with van der Waals surface area (Å²) in [5.41, 5.74) is 0.630. The molecule has 18 heavy (non-hydrogen) atoms. The summed E-state index contributed by atoms with van der Waals surface area (Å²) in [6, 6.07) is 5.48. The molecule has 1 unspecified atom stereocenters. The van der Waals surface area contributed by atoms with Gasteiger partial charge < -0.3 is 9.47 Å². The number of carbonyl (C=O) groups excluding carboxylic acids is 1. The van der Waals surface area contributed by atoms with Crippen LogP contribution in [0, 0.1) is 0 Å². The average Bonchev–Trinajstić information content (AvgIpc) is 2.82. The van der Waals surface area contributed by atoms with Gasteiger partial charge >= 0.3 is 0 Å². The van der Waals surface area contributed by atoms with Crippen molar-refractivity contribution in [1.29, 1.82) is 0 Å². The molecule has 1 aliphatic heterocycles. The Labute approximate surface area is 116 Å². The van der Waals surface area contributed by atoms with Crippen LogP contribution in [0.2, 0.25) is 0 Å². The van der Waals surface area contributed by atoms with Crippen LogP contribution in [0.15, 0.2) is 22.7 Å². The van der Waals surface area contributed by atoms with Gasteiger partial charge in [0.15, 0.2) is 5.78 Å². The molecule has 2 rings (SSSR count). The Morgan fingerprint density at radius 1 is 1.56 bits per heavy atom. The summed E-state index contributed by atoms with van der Waals surface area (Å²) in [6.45, 7) is 3.00. The molecule has 4 heteroatoms. The van der Waals surface area contributed by atoms with E-state index >= 15 is 0 Å². The van der Waals surface area contributed by atoms with Gasteiger partial charge in [0.2, 0.25) is 0 Å². The van der Waals surface area contributed by atoms with Crippen LogP contribution in [0.25, 0.3) is 0 Å². The first-order valence-electron chi connectivity index (χ1n) is 6.21. The molecule has 1 heterocycles. The maximum atomic E-state index is 11.5. The second kappa shape index (κ2) is 6.34. The van der Waals surface area contributed by atoms with E-state index in [1.54, 1.807) is 13.0 Å². The van der Waals surface area contributed by atoms with Crippen molar-refractivity contribution < 1.29 is 14.3 Å². The summed E-state index contributed by atoms with van der Waals surface area (Å²) >= 11 is 3.39. The Hall–Kier alpha value is -0.870. The predicted molar refractivity (Wildman–Crippen MR) is 73.2 cm³/mol. The van der Waals surface area contributed by atoms with Gasteiger partial charge in [0.1, 0.15) is 5.75 Å². The van der Waals surface area contributed by atoms with Crippen LogP contribution < -0.4 is 4.74 Å². The first kappa shape index (κ1) is 13.6. The van der Waals surface area contributed by atoms with Crippen molar-refractivity contribution >= 4 is 21.7 Å². The molecule has 1 atom stereocenters. The Morgan fingerprint density at radius 2 is 2.39 bits per heavy atom. The normalized spacial score (nSPS) is 18.9. The molecule has 1 aromatic rings. The Kier molecular flexibility index (Phi) is 4.78. The number of benzene rings is 1. The monoisotopic (exact) mass is 312 g/mol. The molecule has 98 valence electrons. The van der Waals surface area contributed by atoms with E-state index in [1.807, 2.05) is 12.1 Å². The maximum absolute atomic E-state index is 11.5. The smallest absolute Gasteiger partial charge is 0.163 e. The minimum Gasteiger partial charge on any atom is -0.493 e. The summed E-state index contributed by atoms with van der Waals surface area (Å²) in [5.74, 6) is 0.671. The third-order valence-corrected chi connectivity index (χ3v) is 3.54. The molecule has 0 saturated carbocycles. The number of ether oxygens (including phenoxy) is 2. The molecule has 3 nitrogen and oxygen atoms in total. The highest BCUT2D eigenvalue weighted by atomic mass is 79.9. The van der Waals surface area contributed by atoms with Crippen molar-refractivity contribution in [3.05, 3.63) is 28.2 Å². The Bertz CT molecular complexity index is 425. The third kappa shape index (κ3) is 3.56. The molecule has 0 aromatic heterocycles. The number of ketones is 1. The van der Waals surface area contributed by atoms with Crippen LogP contribution in [-0.2, 0) is 4.74 Å². The van der Waals surface area contributed by atoms with Crippen LogP contribution in [0.1, 0.15) is 36.5 Å². The molecule has 1 saturated heterocycles. The van der Waals surface area contributed by atoms with Gasteiger partial charge in [0, 0.05) is 17.5 Å². The lowest BCUT2D eigenvalue weighted by molar-refractivity contribution is 0.0898. The second-order valence-corrected chi connectivity index (χ2v) is 5.38. The average molecular weight is 313 g/mol. The number of hydrogen-bond donors (Lipinski definition) is 0. The summed E-state index contributed by atoms with van der Waals surface area (Å²) in [4.78, 5) is 11.5. The first-order chi connectivity index (χ1) is 8.66. The summed E-state index contributed by atoms with van der Waals surface area (Å²) < 4.78 is 12.2. The standard InChI is InChI=1S/C14H17BrO3/c1-10(16)13-5-4-11(15)9-14(13)18-8-6-12-3-2-7-17-12/h4-5,9,12H,2-3,6-8H2,1H3. The van der Waals surface area contributed by atoms with Gasteiger partial charge in [-0.1, -0.05) is 15.9 Å². The number of hydrogen-bond acceptors (Lipinski definition) is 3. The van der Waals surface area contributed by atoms with Crippen molar-refractivity contribution in [3.8, 4) is 5.75 Å². The number of halogens is 1. The van der Waals surface area contributed by atoms with Gasteiger partial charge in [-0.05, 0) is 38.0 Å². The fraction of sp³-hybridized carbons (Fsp3) is 0.500. The van der Waals surface area contributed by atoms with Gasteiger partial charge in [-0.15, -0.1) is 0 Å². The van der Waals surface area contributed by atoms with Crippen molar-refractivity contribution in [2.45, 2.75) is 32.3 Å². The van der Waals surface area contributed by atoms with E-state index in [4.69, 9.17) is 9.47 Å². The van der Waals surface area contributed by atoms with Crippen molar-refractivity contribution in [2.24, 2.45) is 0 Å². The molecule has 0 radical (unpaired) electrons. The van der Waals surface area contributed by atoms with Gasteiger partial charge in [0.05, 0.1) is 18.3 Å². The topological polar surface area (TPSA) is 35.5 Å². The summed E-state index contributed by atoms with van der Waals surface area (Å²) in [5, 5.41) is 0. The highest BCUT2D eigenvalue weighted by Crippen LogP contribution is 2.25. The summed E-state index contributed by atoms with van der Waals surface area (Å²) in [6.07, 6.45) is 3.45. The third-order valence-electron chi connectivity index (χ3n) is 3.04. The van der Waals surface area contributed by atoms with E-state index in [9.17, 15) is 4.79 Å². The van der Waals surface area contributed by atoms with Gasteiger partial charge in [-0.25, -0.2) is 0 Å². The fourth-order valence-electron chi connectivity index (χ4n) is 2.08. The van der Waals surface area contributed by atoms with Crippen LogP contribution in [-0.4, -0.2) is 25.1 Å². The minimum absolute atomic E-state index is 0.0228. The van der Waals surface area contributed by atoms with Crippen LogP contribution in [0.5, 0.6) is 5.75 Å². The van der Waals surface area contributed by atoms with Crippen LogP contribution >= 0.6 is 15.9 Å². The molecule has 0 spiro atoms. The Morgan fingerprint density at radius 3 is 3.06 bits per heavy atom. The van der Waals surface area contributed by atoms with E-state index in [2.05, 4.69) is 15.9 Å². The molecule has 0 aliphatic carbocycles. The predicted octanol–water partition coefficient (Wildman–Crippen LogP) is 3.60. The molecular formula is C14H17BrO3. The zero-order valence-corrected chi connectivity index (χ0v) is 12.0. The Balaban J connectivity index is 1.94. The largest absolute Gasteiger partial charge is 0.493 e. The van der Waals surface area contributed by atoms with E-state index in [1.165, 1.54) is 0 Å². The van der Waals surface area contributed by atoms with Crippen molar-refractivity contribution in [1.82, 2.24) is 0 Å². The highest BCUT2D eigenvalue weighted by molar-refractivity contribution is 9.10. The van der Waals surface area contributed by atoms with Crippen molar-refractivity contribution in [2.75, 3.05) is 13.2 Å². The van der Waals surface area contributed by atoms with Gasteiger partial charge in [-0.3, -0.25) is 4.79 Å². The molecule has 1 aliphatic rings. The number of Topliss-reactive ketones (excluding diaryl/α,β-unsaturated/α-hetero) is 1. The van der Waals surface area contributed by atoms with Crippen molar-refractivity contribution in [3.63, 3.8) is 0 Å². The van der Waals surface area contributed by atoms with Crippen LogP contribution in [0.4, 0.5) is 0 Å². The maximum Gasteiger partial charge on any atom is 0.163 e. The molecule has 0 amide bonds. The van der Waals surface area contributed by atoms with E-state index in [0.29, 0.717) is 24.0 Å². The lowest BCUT2D eigenvalue weighted by atomic mass is 10.1. The lowest BCUT2D eigenvalue weighted by Crippen LogP contribution is -2.11. The molecule has 0 bridgehead atoms. The van der Waals surface area contributed by atoms with Crippen LogP contribution in [0.3, 0.4) is 0 Å². The second-order valence-electron chi connectivity index (χ2n) is 4.47. The quantitative estimate of drug-likeness (QED) is 0.779. The highest BCUT2D eigenvalue weighted by Gasteiger charge is 2.16. The lowest BCUT2D eigenvalue weighted by Gasteiger charge is -2.13. The minimum atomic E-state index is 0.0228. The SMILES string of the molecule is CC(=O)c1ccc(Br)cc1OCCC1CCCO1. The van der Waals surface area contributed by atoms with Gasteiger partial charge in [0.25, 0.3) is 0 Å². The molecule has 1 fully saturated rings. The molecular weight excluding hydrogens is 296 g/mol. The molecule has 0 N–H and O–H groups in total. The van der Waals surface area contributed by atoms with E-state index < -0.39 is 0 Å². The number of rotatable bonds is 5.